The first-order valence-electron chi connectivity index (χ1n) is 24.8. The third-order valence-electron chi connectivity index (χ3n) is 25.0. The molecule has 0 amide bonds. The molecular weight excluding hydrogens is 781 g/mol. The van der Waals surface area contributed by atoms with Gasteiger partial charge in [-0.15, -0.1) is 0 Å². The Morgan fingerprint density at radius 3 is 0.508 bits per heavy atom. The summed E-state index contributed by atoms with van der Waals surface area (Å²) in [6.45, 7) is 2.54. The smallest absolute Gasteiger partial charge is 0.0406 e. The second-order valence-corrected chi connectivity index (χ2v) is 25.0. The van der Waals surface area contributed by atoms with Crippen molar-refractivity contribution in [1.29, 1.82) is 0 Å². The van der Waals surface area contributed by atoms with Gasteiger partial charge in [0.15, 0.2) is 0 Å². The van der Waals surface area contributed by atoms with Crippen LogP contribution in [0, 0.1) is 0 Å². The second-order valence-electron chi connectivity index (χ2n) is 25.0. The largest absolute Gasteiger partial charge is 0.0843 e. The molecule has 268 valence electrons. The lowest BCUT2D eigenvalue weighted by molar-refractivity contribution is 0.305. The molecule has 2 spiro atoms. The molecular formula is C65H8. The van der Waals surface area contributed by atoms with Crippen molar-refractivity contribution in [1.82, 2.24) is 0 Å². The number of hydrogen-bond donors (Lipinski definition) is 0. The lowest BCUT2D eigenvalue weighted by Gasteiger charge is -2.56. The van der Waals surface area contributed by atoms with Gasteiger partial charge in [0.05, 0.1) is 0 Å². The Morgan fingerprint density at radius 1 is 0.200 bits per heavy atom. The molecule has 0 saturated heterocycles. The maximum atomic E-state index is 2.79. The van der Waals surface area contributed by atoms with E-state index < -0.39 is 0 Å². The summed E-state index contributed by atoms with van der Waals surface area (Å²) in [5.74, 6) is 0. The van der Waals surface area contributed by atoms with Gasteiger partial charge in [0.2, 0.25) is 0 Å². The van der Waals surface area contributed by atoms with E-state index in [9.17, 15) is 0 Å². The first-order valence-corrected chi connectivity index (χ1v) is 24.8. The molecule has 28 aromatic rings. The van der Waals surface area contributed by atoms with Crippen molar-refractivity contribution in [3.8, 4) is 0 Å². The molecule has 0 radical (unpaired) electrons. The maximum Gasteiger partial charge on any atom is 0.0406 e. The first-order chi connectivity index (χ1) is 32.3. The fourth-order valence-corrected chi connectivity index (χ4v) is 25.1. The van der Waals surface area contributed by atoms with Crippen LogP contribution in [-0.2, 0) is 10.8 Å². The van der Waals surface area contributed by atoms with Gasteiger partial charge < -0.3 is 0 Å². The Labute approximate surface area is 353 Å². The van der Waals surface area contributed by atoms with Crippen molar-refractivity contribution < 1.29 is 0 Å². The molecule has 28 aromatic carbocycles. The van der Waals surface area contributed by atoms with Crippen molar-refractivity contribution in [2.24, 2.45) is 0 Å². The molecule has 0 atom stereocenters. The lowest BCUT2D eigenvalue weighted by Crippen LogP contribution is -2.53. The zero-order chi connectivity index (χ0) is 38.2. The molecule has 65 heavy (non-hydrogen) atoms. The summed E-state index contributed by atoms with van der Waals surface area (Å²) in [7, 11) is 0. The highest BCUT2D eigenvalue weighted by atomic mass is 14.7. The topological polar surface area (TPSA) is 0 Å². The summed E-state index contributed by atoms with van der Waals surface area (Å²) in [5, 5.41) is 91.5. The van der Waals surface area contributed by atoms with Gasteiger partial charge in [-0.3, -0.25) is 0 Å². The van der Waals surface area contributed by atoms with Crippen LogP contribution < -0.4 is 0 Å². The Bertz CT molecular complexity index is 6860. The fraction of sp³-hybridized carbons (Fsp3) is 0.0769. The van der Waals surface area contributed by atoms with Crippen LogP contribution in [0.15, 0.2) is 11.6 Å². The van der Waals surface area contributed by atoms with Crippen molar-refractivity contribution in [2.75, 3.05) is 0 Å². The average Bonchev–Trinajstić information content (AvgIpc) is 4.16. The van der Waals surface area contributed by atoms with Crippen LogP contribution in [0.5, 0.6) is 0 Å². The van der Waals surface area contributed by atoms with Gasteiger partial charge in [0.25, 0.3) is 0 Å². The van der Waals surface area contributed by atoms with Gasteiger partial charge in [0.1, 0.15) is 0 Å². The number of benzene rings is 18. The molecule has 0 heteroatoms. The van der Waals surface area contributed by atoms with Crippen LogP contribution in [0.25, 0.3) is 291 Å². The molecule has 5 aliphatic carbocycles. The van der Waals surface area contributed by atoms with Gasteiger partial charge in [0, 0.05) is 10.8 Å². The first kappa shape index (κ1) is 23.2. The van der Waals surface area contributed by atoms with E-state index in [1.165, 1.54) is 0 Å². The highest BCUT2D eigenvalue weighted by molar-refractivity contribution is 6.82. The van der Waals surface area contributed by atoms with Crippen LogP contribution in [0.1, 0.15) is 42.0 Å². The summed E-state index contributed by atoms with van der Waals surface area (Å²) in [5.41, 5.74) is 8.68. The minimum Gasteiger partial charge on any atom is -0.0843 e. The van der Waals surface area contributed by atoms with Crippen LogP contribution in [-0.4, -0.2) is 0 Å². The molecule has 0 aliphatic heterocycles. The molecule has 5 aliphatic rings. The molecule has 0 saturated carbocycles. The van der Waals surface area contributed by atoms with Crippen LogP contribution in [0.3, 0.4) is 0 Å². The van der Waals surface area contributed by atoms with Crippen LogP contribution in [0.2, 0.25) is 0 Å². The SMILES string of the molecule is CC1=CCC23c4c5c6c7c8c9c(c%10c%11c2c2c4c4c%12c5c5c6c6c8c8c%13c9c9c%10c%10c%11c%11c2c2c4c4c%12c%12c5c5c6c8c6c8c%13c9c9c%10c%10c%11c2c2c4c4c%12c5c6c5c8c9c%10c2c45)C73C1. The van der Waals surface area contributed by atoms with E-state index in [4.69, 9.17) is 0 Å². The Balaban J connectivity index is 1.28. The Kier molecular flexibility index (Phi) is 1.80. The normalized spacial score (nSPS) is 23.6. The zero-order valence-corrected chi connectivity index (χ0v) is 33.5. The van der Waals surface area contributed by atoms with Crippen molar-refractivity contribution in [2.45, 2.75) is 30.6 Å². The predicted octanol–water partition coefficient (Wildman–Crippen LogP) is 18.0. The van der Waals surface area contributed by atoms with E-state index in [0.717, 1.165) is 12.8 Å². The predicted molar refractivity (Wildman–Crippen MR) is 277 cm³/mol. The lowest BCUT2D eigenvalue weighted by atomic mass is 9.44. The van der Waals surface area contributed by atoms with E-state index >= 15 is 0 Å². The second kappa shape index (κ2) is 5.05. The zero-order valence-electron chi connectivity index (χ0n) is 33.5. The number of rotatable bonds is 0. The third kappa shape index (κ3) is 1.17. The number of hydrogen-bond acceptors (Lipinski definition) is 0. The summed E-state index contributed by atoms with van der Waals surface area (Å²) >= 11 is 0. The standard InChI is InChI=1S/C65H8/c1-5-2-3-64-60-52-44-34-24-16-8-6-7-10-14-12(8)20-28-22(14)32-26-18(10)19-11(7)15-13-9(6)17(16)25-31-21(13)29-23(15)33-27(19)37-36(26)46-40(32)50-42(28)48(38(44)30(20)24)54(60)56(50)62-58(46)59-47(37)41(33)51-43(29)49-39(31)45(35(25)34)53(52)61(64)55(49)57(51)63(59)65(62,64)4-5/h2H,3-4H2,1H3. The molecule has 0 aromatic heterocycles. The van der Waals surface area contributed by atoms with Gasteiger partial charge in [-0.25, -0.2) is 0 Å². The molecule has 0 nitrogen and oxygen atoms in total. The molecule has 0 heterocycles. The monoisotopic (exact) mass is 788 g/mol. The van der Waals surface area contributed by atoms with Crippen molar-refractivity contribution in [3.63, 3.8) is 0 Å². The van der Waals surface area contributed by atoms with E-state index in [1.54, 1.807) is 296 Å². The van der Waals surface area contributed by atoms with Crippen LogP contribution >= 0.6 is 0 Å². The third-order valence-corrected chi connectivity index (χ3v) is 25.0. The molecule has 0 unspecified atom stereocenters. The van der Waals surface area contributed by atoms with Gasteiger partial charge in [-0.2, -0.15) is 0 Å². The fourth-order valence-electron chi connectivity index (χ4n) is 25.1. The van der Waals surface area contributed by atoms with E-state index in [1.807, 2.05) is 22.3 Å². The summed E-state index contributed by atoms with van der Waals surface area (Å²) in [6, 6.07) is 0. The summed E-state index contributed by atoms with van der Waals surface area (Å²) in [4.78, 5) is 0. The van der Waals surface area contributed by atoms with Crippen LogP contribution in [0.4, 0.5) is 0 Å². The summed E-state index contributed by atoms with van der Waals surface area (Å²) in [6.07, 6.45) is 5.08. The Hall–Kier alpha value is -7.80. The quantitative estimate of drug-likeness (QED) is 0.106. The minimum atomic E-state index is -0.114. The van der Waals surface area contributed by atoms with Crippen molar-refractivity contribution >= 4 is 291 Å². The number of allylic oxidation sites excluding steroid dienone is 2. The molecule has 0 N–H and O–H groups in total. The molecule has 33 rings (SSSR count). The highest BCUT2D eigenvalue weighted by Gasteiger charge is 2.70. The van der Waals surface area contributed by atoms with Gasteiger partial charge >= 0.3 is 0 Å². The molecule has 0 fully saturated rings. The highest BCUT2D eigenvalue weighted by Crippen LogP contribution is 2.85. The van der Waals surface area contributed by atoms with E-state index in [-0.39, 0.29) is 10.8 Å². The molecule has 0 bridgehead atoms. The van der Waals surface area contributed by atoms with Crippen molar-refractivity contribution in [3.05, 3.63) is 33.9 Å². The average molecular weight is 789 g/mol. The minimum absolute atomic E-state index is 0.113. The van der Waals surface area contributed by atoms with Gasteiger partial charge in [-0.1, -0.05) is 11.6 Å². The summed E-state index contributed by atoms with van der Waals surface area (Å²) < 4.78 is 0. The van der Waals surface area contributed by atoms with Gasteiger partial charge in [-0.05, 0) is 333 Å². The van der Waals surface area contributed by atoms with E-state index in [2.05, 4.69) is 13.0 Å². The van der Waals surface area contributed by atoms with E-state index in [0.29, 0.717) is 0 Å². The maximum absolute atomic E-state index is 2.79. The Morgan fingerprint density at radius 2 is 0.338 bits per heavy atom.